The minimum atomic E-state index is 0.162. The van der Waals surface area contributed by atoms with Crippen LogP contribution in [0.15, 0.2) is 59.7 Å². The molecule has 0 fully saturated rings. The maximum atomic E-state index is 9.53. The van der Waals surface area contributed by atoms with Crippen molar-refractivity contribution in [3.8, 4) is 6.07 Å². The minimum Gasteiger partial charge on any atom is -0.328 e. The van der Waals surface area contributed by atoms with Crippen molar-refractivity contribution < 1.29 is 0 Å². The molecule has 4 nitrogen and oxygen atoms in total. The van der Waals surface area contributed by atoms with Crippen molar-refractivity contribution in [2.24, 2.45) is 0 Å². The lowest BCUT2D eigenvalue weighted by atomic mass is 10.0. The molecule has 0 saturated heterocycles. The molecule has 0 spiro atoms. The summed E-state index contributed by atoms with van der Waals surface area (Å²) in [6.07, 6.45) is 1.82. The first-order valence-electron chi connectivity index (χ1n) is 11.5. The van der Waals surface area contributed by atoms with E-state index in [1.54, 1.807) is 0 Å². The molecule has 0 amide bonds. The van der Waals surface area contributed by atoms with Gasteiger partial charge in [-0.15, -0.1) is 0 Å². The average Bonchev–Trinajstić information content (AvgIpc) is 3.34. The Hall–Kier alpha value is -3.32. The number of nitrogens with zero attached hydrogens (tertiary/aromatic N) is 4. The first-order chi connectivity index (χ1) is 16.4. The Kier molecular flexibility index (Phi) is 6.66. The number of hydrogen-bond donors (Lipinski definition) is 0. The lowest BCUT2D eigenvalue weighted by molar-refractivity contribution is 0.436. The molecule has 2 aromatic rings. The van der Waals surface area contributed by atoms with Crippen LogP contribution in [-0.2, 0) is 0 Å². The fraction of sp³-hybridized carbons (Fsp3) is 0.286. The van der Waals surface area contributed by atoms with Crippen molar-refractivity contribution in [1.29, 1.82) is 5.26 Å². The summed E-state index contributed by atoms with van der Waals surface area (Å²) in [6.45, 7) is 16.1. The van der Waals surface area contributed by atoms with Gasteiger partial charge >= 0.3 is 0 Å². The van der Waals surface area contributed by atoms with E-state index in [0.717, 1.165) is 56.5 Å². The summed E-state index contributed by atoms with van der Waals surface area (Å²) in [5, 5.41) is 9.53. The van der Waals surface area contributed by atoms with E-state index < -0.39 is 0 Å². The van der Waals surface area contributed by atoms with Crippen LogP contribution in [-0.4, -0.2) is 31.9 Å². The Bertz CT molecular complexity index is 1240. The molecule has 2 aliphatic heterocycles. The van der Waals surface area contributed by atoms with Gasteiger partial charge < -0.3 is 9.80 Å². The zero-order valence-electron chi connectivity index (χ0n) is 19.8. The molecule has 170 valence electrons. The van der Waals surface area contributed by atoms with E-state index >= 15 is 0 Å². The van der Waals surface area contributed by atoms with Gasteiger partial charge in [-0.1, -0.05) is 68.6 Å². The summed E-state index contributed by atoms with van der Waals surface area (Å²) in [6, 6.07) is 17.9. The number of hydrogen-bond acceptors (Lipinski definition) is 3. The summed E-state index contributed by atoms with van der Waals surface area (Å²) in [7, 11) is 0. The van der Waals surface area contributed by atoms with Gasteiger partial charge in [0.05, 0.1) is 29.6 Å². The van der Waals surface area contributed by atoms with Crippen LogP contribution in [0.5, 0.6) is 0 Å². The summed E-state index contributed by atoms with van der Waals surface area (Å²) >= 11 is 12.3. The molecule has 0 aliphatic carbocycles. The molecular weight excluding hydrogens is 456 g/mol. The molecule has 2 atom stereocenters. The second-order valence-corrected chi connectivity index (χ2v) is 9.44. The molecule has 0 saturated carbocycles. The number of fused-ring (bicyclic) bond motifs is 1. The van der Waals surface area contributed by atoms with Crippen LogP contribution in [0.1, 0.15) is 57.2 Å². The van der Waals surface area contributed by atoms with Crippen LogP contribution in [0.4, 0.5) is 5.69 Å². The van der Waals surface area contributed by atoms with E-state index in [1.807, 2.05) is 48.5 Å². The zero-order chi connectivity index (χ0) is 24.6. The van der Waals surface area contributed by atoms with Gasteiger partial charge in [-0.3, -0.25) is 0 Å². The smallest absolute Gasteiger partial charge is 0.187 e. The summed E-state index contributed by atoms with van der Waals surface area (Å²) in [5.74, 6) is 0. The molecule has 2 unspecified atom stereocenters. The van der Waals surface area contributed by atoms with Crippen LogP contribution in [0.3, 0.4) is 0 Å². The molecule has 6 heteroatoms. The van der Waals surface area contributed by atoms with E-state index in [2.05, 4.69) is 48.4 Å². The van der Waals surface area contributed by atoms with E-state index in [4.69, 9.17) is 31.0 Å². The number of nitriles is 1. The first kappa shape index (κ1) is 23.8. The van der Waals surface area contributed by atoms with Crippen molar-refractivity contribution in [2.75, 3.05) is 0 Å². The predicted molar refractivity (Wildman–Crippen MR) is 146 cm³/mol. The molecule has 34 heavy (non-hydrogen) atoms. The van der Waals surface area contributed by atoms with Gasteiger partial charge in [0.25, 0.3) is 0 Å². The number of thiocarbonyl (C=S) groups is 2. The van der Waals surface area contributed by atoms with Crippen LogP contribution in [0.2, 0.25) is 0 Å². The Balaban J connectivity index is 2.08. The topological polar surface area (TPSA) is 34.6 Å². The lowest BCUT2D eigenvalue weighted by Crippen LogP contribution is -2.36. The summed E-state index contributed by atoms with van der Waals surface area (Å²) < 4.78 is 0. The Labute approximate surface area is 212 Å². The molecule has 2 aliphatic rings. The lowest BCUT2D eigenvalue weighted by Gasteiger charge is -2.33. The molecule has 0 aromatic heterocycles. The van der Waals surface area contributed by atoms with E-state index in [0.29, 0.717) is 11.3 Å². The SMILES string of the molecule is [C-]#[N+]c1cccc(C2=C3C(=S)N(C(C)CC)C(c4cccc(C#N)c4)=C3C(=S)N2C(C)CC)c1. The fourth-order valence-electron chi connectivity index (χ4n) is 4.57. The van der Waals surface area contributed by atoms with E-state index in [-0.39, 0.29) is 12.1 Å². The van der Waals surface area contributed by atoms with Gasteiger partial charge in [0.2, 0.25) is 0 Å². The number of benzene rings is 2. The normalized spacial score (nSPS) is 17.1. The third-order valence-electron chi connectivity index (χ3n) is 6.65. The summed E-state index contributed by atoms with van der Waals surface area (Å²) in [5.41, 5.74) is 6.94. The standard InChI is InChI=1S/C28H26N4S2/c1-6-17(3)31-25(20-11-8-10-19(14-20)16-29)23-24(28(31)34)26(32(27(23)33)18(4)7-2)21-12-9-13-22(15-21)30-5/h8-15,17-18H,6-7H2,1-4H3. The van der Waals surface area contributed by atoms with Crippen molar-refractivity contribution in [2.45, 2.75) is 52.6 Å². The maximum absolute atomic E-state index is 9.53. The van der Waals surface area contributed by atoms with Gasteiger partial charge in [0.1, 0.15) is 9.98 Å². The van der Waals surface area contributed by atoms with Gasteiger partial charge in [-0.25, -0.2) is 4.85 Å². The van der Waals surface area contributed by atoms with Gasteiger partial charge in [-0.05, 0) is 50.5 Å². The van der Waals surface area contributed by atoms with E-state index in [9.17, 15) is 5.26 Å². The quantitative estimate of drug-likeness (QED) is 0.324. The summed E-state index contributed by atoms with van der Waals surface area (Å²) in [4.78, 5) is 9.55. The van der Waals surface area contributed by atoms with Gasteiger partial charge in [-0.2, -0.15) is 5.26 Å². The molecular formula is C28H26N4S2. The highest BCUT2D eigenvalue weighted by molar-refractivity contribution is 7.81. The molecule has 0 N–H and O–H groups in total. The maximum Gasteiger partial charge on any atom is 0.187 e. The van der Waals surface area contributed by atoms with Crippen LogP contribution in [0, 0.1) is 17.9 Å². The Morgan fingerprint density at radius 1 is 0.882 bits per heavy atom. The highest BCUT2D eigenvalue weighted by atomic mass is 32.1. The first-order valence-corrected chi connectivity index (χ1v) is 12.3. The molecule has 0 radical (unpaired) electrons. The third-order valence-corrected chi connectivity index (χ3v) is 7.45. The average molecular weight is 483 g/mol. The second-order valence-electron chi connectivity index (χ2n) is 8.67. The van der Waals surface area contributed by atoms with Crippen molar-refractivity contribution in [1.82, 2.24) is 9.80 Å². The highest BCUT2D eigenvalue weighted by Crippen LogP contribution is 2.49. The molecule has 0 bridgehead atoms. The predicted octanol–water partition coefficient (Wildman–Crippen LogP) is 7.11. The van der Waals surface area contributed by atoms with Crippen molar-refractivity contribution >= 4 is 51.5 Å². The van der Waals surface area contributed by atoms with Crippen LogP contribution in [0.25, 0.3) is 16.2 Å². The molecule has 2 aromatic carbocycles. The molecule has 2 heterocycles. The third kappa shape index (κ3) is 3.74. The fourth-order valence-corrected chi connectivity index (χ4v) is 5.51. The second kappa shape index (κ2) is 9.50. The van der Waals surface area contributed by atoms with Crippen LogP contribution < -0.4 is 0 Å². The monoisotopic (exact) mass is 482 g/mol. The van der Waals surface area contributed by atoms with Gasteiger partial charge in [0, 0.05) is 28.8 Å². The zero-order valence-corrected chi connectivity index (χ0v) is 21.4. The van der Waals surface area contributed by atoms with Crippen molar-refractivity contribution in [3.05, 3.63) is 87.8 Å². The van der Waals surface area contributed by atoms with Crippen LogP contribution >= 0.6 is 24.4 Å². The Morgan fingerprint density at radius 2 is 1.38 bits per heavy atom. The van der Waals surface area contributed by atoms with E-state index in [1.165, 1.54) is 0 Å². The minimum absolute atomic E-state index is 0.162. The van der Waals surface area contributed by atoms with Gasteiger partial charge in [0.15, 0.2) is 5.69 Å². The Morgan fingerprint density at radius 3 is 1.85 bits per heavy atom. The highest BCUT2D eigenvalue weighted by Gasteiger charge is 2.46. The number of rotatable bonds is 6. The van der Waals surface area contributed by atoms with Crippen molar-refractivity contribution in [3.63, 3.8) is 0 Å². The largest absolute Gasteiger partial charge is 0.328 e. The molecule has 4 rings (SSSR count).